The molecular formula is C9H10N2O3. The SMILES string of the molecule is CC(O)Cc1nc(-c2ccco2)no1. The molecule has 1 unspecified atom stereocenters. The Labute approximate surface area is 80.4 Å². The molecule has 5 heteroatoms. The van der Waals surface area contributed by atoms with Gasteiger partial charge in [-0.15, -0.1) is 0 Å². The number of furan rings is 1. The van der Waals surface area contributed by atoms with E-state index in [9.17, 15) is 0 Å². The van der Waals surface area contributed by atoms with E-state index >= 15 is 0 Å². The summed E-state index contributed by atoms with van der Waals surface area (Å²) in [6.45, 7) is 1.66. The third kappa shape index (κ3) is 1.82. The summed E-state index contributed by atoms with van der Waals surface area (Å²) in [5, 5.41) is 12.8. The van der Waals surface area contributed by atoms with E-state index in [1.165, 1.54) is 0 Å². The fraction of sp³-hybridized carbons (Fsp3) is 0.333. The van der Waals surface area contributed by atoms with Gasteiger partial charge in [-0.25, -0.2) is 0 Å². The minimum Gasteiger partial charge on any atom is -0.461 e. The van der Waals surface area contributed by atoms with Crippen LogP contribution in [0.1, 0.15) is 12.8 Å². The first-order chi connectivity index (χ1) is 6.75. The smallest absolute Gasteiger partial charge is 0.238 e. The van der Waals surface area contributed by atoms with Crippen LogP contribution in [0.2, 0.25) is 0 Å². The van der Waals surface area contributed by atoms with Crippen molar-refractivity contribution in [2.24, 2.45) is 0 Å². The van der Waals surface area contributed by atoms with Gasteiger partial charge in [-0.05, 0) is 19.1 Å². The summed E-state index contributed by atoms with van der Waals surface area (Å²) in [6, 6.07) is 3.50. The van der Waals surface area contributed by atoms with Gasteiger partial charge in [0.2, 0.25) is 11.7 Å². The van der Waals surface area contributed by atoms with E-state index in [1.54, 1.807) is 25.3 Å². The van der Waals surface area contributed by atoms with Gasteiger partial charge >= 0.3 is 0 Å². The lowest BCUT2D eigenvalue weighted by molar-refractivity contribution is 0.181. The number of nitrogens with zero attached hydrogens (tertiary/aromatic N) is 2. The number of aliphatic hydroxyl groups is 1. The molecule has 0 aromatic carbocycles. The molecule has 0 aliphatic rings. The van der Waals surface area contributed by atoms with Crippen LogP contribution in [0, 0.1) is 0 Å². The van der Waals surface area contributed by atoms with Gasteiger partial charge in [0.1, 0.15) is 0 Å². The molecule has 0 radical (unpaired) electrons. The van der Waals surface area contributed by atoms with E-state index < -0.39 is 6.10 Å². The van der Waals surface area contributed by atoms with Crippen LogP contribution in [0.4, 0.5) is 0 Å². The average molecular weight is 194 g/mol. The third-order valence-corrected chi connectivity index (χ3v) is 1.68. The molecule has 0 aliphatic carbocycles. The maximum absolute atomic E-state index is 9.09. The number of aliphatic hydroxyl groups excluding tert-OH is 1. The molecule has 0 saturated carbocycles. The van der Waals surface area contributed by atoms with Gasteiger partial charge < -0.3 is 14.0 Å². The lowest BCUT2D eigenvalue weighted by Crippen LogP contribution is -2.04. The molecule has 0 fully saturated rings. The van der Waals surface area contributed by atoms with Crippen molar-refractivity contribution in [2.75, 3.05) is 0 Å². The van der Waals surface area contributed by atoms with E-state index in [4.69, 9.17) is 14.0 Å². The van der Waals surface area contributed by atoms with Crippen molar-refractivity contribution in [1.82, 2.24) is 10.1 Å². The van der Waals surface area contributed by atoms with Gasteiger partial charge in [0.15, 0.2) is 5.76 Å². The lowest BCUT2D eigenvalue weighted by Gasteiger charge is -1.95. The zero-order valence-corrected chi connectivity index (χ0v) is 7.67. The van der Waals surface area contributed by atoms with Crippen molar-refractivity contribution in [3.63, 3.8) is 0 Å². The number of rotatable bonds is 3. The standard InChI is InChI=1S/C9H10N2O3/c1-6(12)5-8-10-9(11-14-8)7-3-2-4-13-7/h2-4,6,12H,5H2,1H3. The average Bonchev–Trinajstić information content (AvgIpc) is 2.69. The molecule has 74 valence electrons. The summed E-state index contributed by atoms with van der Waals surface area (Å²) in [7, 11) is 0. The Morgan fingerprint density at radius 3 is 3.07 bits per heavy atom. The molecular weight excluding hydrogens is 184 g/mol. The molecule has 1 N–H and O–H groups in total. The van der Waals surface area contributed by atoms with Crippen molar-refractivity contribution in [3.05, 3.63) is 24.3 Å². The van der Waals surface area contributed by atoms with Crippen molar-refractivity contribution < 1.29 is 14.0 Å². The maximum Gasteiger partial charge on any atom is 0.238 e. The summed E-state index contributed by atoms with van der Waals surface area (Å²) in [5.41, 5.74) is 0. The van der Waals surface area contributed by atoms with Crippen LogP contribution in [0.5, 0.6) is 0 Å². The summed E-state index contributed by atoms with van der Waals surface area (Å²) >= 11 is 0. The van der Waals surface area contributed by atoms with E-state index in [-0.39, 0.29) is 0 Å². The molecule has 0 amide bonds. The van der Waals surface area contributed by atoms with Gasteiger partial charge in [-0.3, -0.25) is 0 Å². The molecule has 2 aromatic heterocycles. The number of hydrogen-bond acceptors (Lipinski definition) is 5. The van der Waals surface area contributed by atoms with Crippen molar-refractivity contribution >= 4 is 0 Å². The minimum atomic E-state index is -0.486. The van der Waals surface area contributed by atoms with Crippen molar-refractivity contribution in [2.45, 2.75) is 19.4 Å². The topological polar surface area (TPSA) is 72.3 Å². The Bertz CT molecular complexity index is 392. The Morgan fingerprint density at radius 1 is 1.57 bits per heavy atom. The van der Waals surface area contributed by atoms with Crippen LogP contribution in [0.25, 0.3) is 11.6 Å². The predicted molar refractivity (Wildman–Crippen MR) is 47.4 cm³/mol. The zero-order chi connectivity index (χ0) is 9.97. The van der Waals surface area contributed by atoms with Crippen LogP contribution >= 0.6 is 0 Å². The van der Waals surface area contributed by atoms with E-state index in [2.05, 4.69) is 10.1 Å². The Balaban J connectivity index is 2.18. The van der Waals surface area contributed by atoms with Gasteiger partial charge in [0.05, 0.1) is 18.8 Å². The molecule has 2 rings (SSSR count). The highest BCUT2D eigenvalue weighted by molar-refractivity contribution is 5.44. The Morgan fingerprint density at radius 2 is 2.43 bits per heavy atom. The third-order valence-electron chi connectivity index (χ3n) is 1.68. The molecule has 1 atom stereocenters. The van der Waals surface area contributed by atoms with Gasteiger partial charge in [0.25, 0.3) is 0 Å². The fourth-order valence-corrected chi connectivity index (χ4v) is 1.10. The predicted octanol–water partition coefficient (Wildman–Crippen LogP) is 1.25. The second-order valence-electron chi connectivity index (χ2n) is 3.04. The van der Waals surface area contributed by atoms with Gasteiger partial charge in [0, 0.05) is 0 Å². The molecule has 0 aliphatic heterocycles. The molecule has 14 heavy (non-hydrogen) atoms. The van der Waals surface area contributed by atoms with E-state index in [1.807, 2.05) is 0 Å². The lowest BCUT2D eigenvalue weighted by atomic mass is 10.3. The van der Waals surface area contributed by atoms with Crippen LogP contribution in [-0.4, -0.2) is 21.4 Å². The number of aromatic nitrogens is 2. The molecule has 0 spiro atoms. The van der Waals surface area contributed by atoms with Gasteiger partial charge in [-0.1, -0.05) is 5.16 Å². The number of hydrogen-bond donors (Lipinski definition) is 1. The largest absolute Gasteiger partial charge is 0.461 e. The first-order valence-corrected chi connectivity index (χ1v) is 4.30. The van der Waals surface area contributed by atoms with Crippen molar-refractivity contribution in [1.29, 1.82) is 0 Å². The van der Waals surface area contributed by atoms with Crippen LogP contribution in [0.3, 0.4) is 0 Å². The second kappa shape index (κ2) is 3.63. The van der Waals surface area contributed by atoms with E-state index in [0.717, 1.165) is 0 Å². The molecule has 0 saturated heterocycles. The highest BCUT2D eigenvalue weighted by Gasteiger charge is 2.11. The molecule has 2 aromatic rings. The highest BCUT2D eigenvalue weighted by atomic mass is 16.5. The van der Waals surface area contributed by atoms with Crippen LogP contribution < -0.4 is 0 Å². The summed E-state index contributed by atoms with van der Waals surface area (Å²) in [4.78, 5) is 4.06. The monoisotopic (exact) mass is 194 g/mol. The first-order valence-electron chi connectivity index (χ1n) is 4.30. The first kappa shape index (κ1) is 8.96. The summed E-state index contributed by atoms with van der Waals surface area (Å²) in [5.74, 6) is 1.38. The van der Waals surface area contributed by atoms with Crippen molar-refractivity contribution in [3.8, 4) is 11.6 Å². The van der Waals surface area contributed by atoms with Gasteiger partial charge in [-0.2, -0.15) is 4.98 Å². The second-order valence-corrected chi connectivity index (χ2v) is 3.04. The summed E-state index contributed by atoms with van der Waals surface area (Å²) in [6.07, 6.45) is 1.41. The normalized spacial score (nSPS) is 13.0. The Hall–Kier alpha value is -1.62. The minimum absolute atomic E-state index is 0.355. The molecule has 2 heterocycles. The van der Waals surface area contributed by atoms with Crippen LogP contribution in [0.15, 0.2) is 27.3 Å². The maximum atomic E-state index is 9.09. The van der Waals surface area contributed by atoms with Crippen LogP contribution in [-0.2, 0) is 6.42 Å². The summed E-state index contributed by atoms with van der Waals surface area (Å²) < 4.78 is 10.0. The fourth-order valence-electron chi connectivity index (χ4n) is 1.10. The Kier molecular flexibility index (Phi) is 2.32. The van der Waals surface area contributed by atoms with E-state index in [0.29, 0.717) is 23.9 Å². The highest BCUT2D eigenvalue weighted by Crippen LogP contribution is 2.16. The zero-order valence-electron chi connectivity index (χ0n) is 7.67. The molecule has 0 bridgehead atoms. The molecule has 5 nitrogen and oxygen atoms in total. The quantitative estimate of drug-likeness (QED) is 0.796.